The molecule has 1 amide bonds. The average molecular weight is 376 g/mol. The molecular formula is C14H18ClN3O5S. The minimum absolute atomic E-state index is 0. The quantitative estimate of drug-likeness (QED) is 0.459. The van der Waals surface area contributed by atoms with E-state index in [0.717, 1.165) is 24.1 Å². The maximum atomic E-state index is 12.1. The molecule has 1 aliphatic heterocycles. The molecule has 132 valence electrons. The number of methoxy groups -OCH3 is 1. The molecule has 1 aromatic carbocycles. The number of carbonyl (C=O) groups is 2. The number of nitro benzene ring substituents is 1. The Hall–Kier alpha value is -1.84. The number of nitrogens with zero attached hydrogens (tertiary/aromatic N) is 1. The Labute approximate surface area is 149 Å². The highest BCUT2D eigenvalue weighted by Crippen LogP contribution is 2.22. The minimum atomic E-state index is -0.699. The van der Waals surface area contributed by atoms with Gasteiger partial charge in [-0.05, 0) is 6.07 Å². The minimum Gasteiger partial charge on any atom is -0.465 e. The highest BCUT2D eigenvalue weighted by atomic mass is 35.5. The molecule has 8 nitrogen and oxygen atoms in total. The second-order valence-corrected chi connectivity index (χ2v) is 6.15. The van der Waals surface area contributed by atoms with Gasteiger partial charge in [0.25, 0.3) is 5.69 Å². The summed E-state index contributed by atoms with van der Waals surface area (Å²) < 4.78 is 4.57. The molecule has 0 radical (unpaired) electrons. The van der Waals surface area contributed by atoms with Crippen LogP contribution in [0, 0.1) is 10.1 Å². The van der Waals surface area contributed by atoms with Crippen molar-refractivity contribution in [2.45, 2.75) is 12.5 Å². The first-order chi connectivity index (χ1) is 11.0. The van der Waals surface area contributed by atoms with Crippen LogP contribution < -0.4 is 10.6 Å². The van der Waals surface area contributed by atoms with Crippen LogP contribution >= 0.6 is 24.2 Å². The van der Waals surface area contributed by atoms with E-state index in [2.05, 4.69) is 15.4 Å². The molecule has 1 aromatic rings. The first-order valence-electron chi connectivity index (χ1n) is 6.98. The van der Waals surface area contributed by atoms with Crippen molar-refractivity contribution in [2.24, 2.45) is 0 Å². The largest absolute Gasteiger partial charge is 0.465 e. The highest BCUT2D eigenvalue weighted by molar-refractivity contribution is 7.99. The topological polar surface area (TPSA) is 111 Å². The Morgan fingerprint density at radius 1 is 1.46 bits per heavy atom. The number of non-ortho nitro benzene ring substituents is 1. The van der Waals surface area contributed by atoms with Crippen LogP contribution in [0.3, 0.4) is 0 Å². The molecule has 24 heavy (non-hydrogen) atoms. The van der Waals surface area contributed by atoms with Crippen molar-refractivity contribution in [1.82, 2.24) is 5.32 Å². The van der Waals surface area contributed by atoms with Gasteiger partial charge in [-0.1, -0.05) is 0 Å². The van der Waals surface area contributed by atoms with Gasteiger partial charge in [-0.3, -0.25) is 14.9 Å². The van der Waals surface area contributed by atoms with E-state index in [-0.39, 0.29) is 47.7 Å². The van der Waals surface area contributed by atoms with Crippen LogP contribution in [0.25, 0.3) is 0 Å². The Kier molecular flexibility index (Phi) is 7.96. The van der Waals surface area contributed by atoms with Crippen molar-refractivity contribution >= 4 is 47.4 Å². The van der Waals surface area contributed by atoms with Gasteiger partial charge in [0.2, 0.25) is 5.91 Å². The van der Waals surface area contributed by atoms with E-state index >= 15 is 0 Å². The lowest BCUT2D eigenvalue weighted by Gasteiger charge is -2.22. The van der Waals surface area contributed by atoms with Gasteiger partial charge in [-0.2, -0.15) is 11.8 Å². The lowest BCUT2D eigenvalue weighted by atomic mass is 10.1. The lowest BCUT2D eigenvalue weighted by Crippen LogP contribution is -2.39. The fourth-order valence-electron chi connectivity index (χ4n) is 2.21. The van der Waals surface area contributed by atoms with Gasteiger partial charge in [0.1, 0.15) is 0 Å². The number of rotatable bonds is 5. The third-order valence-corrected chi connectivity index (χ3v) is 4.39. The molecule has 1 fully saturated rings. The third kappa shape index (κ3) is 5.66. The summed E-state index contributed by atoms with van der Waals surface area (Å²) >= 11 is 1.77. The zero-order chi connectivity index (χ0) is 16.8. The van der Waals surface area contributed by atoms with E-state index in [1.165, 1.54) is 19.2 Å². The molecule has 2 rings (SSSR count). The summed E-state index contributed by atoms with van der Waals surface area (Å²) in [5.74, 6) is 0.900. The molecule has 0 aliphatic carbocycles. The smallest absolute Gasteiger partial charge is 0.338 e. The van der Waals surface area contributed by atoms with Crippen molar-refractivity contribution in [3.8, 4) is 0 Å². The van der Waals surface area contributed by atoms with E-state index < -0.39 is 10.9 Å². The van der Waals surface area contributed by atoms with Crippen LogP contribution in [-0.2, 0) is 9.53 Å². The molecule has 1 heterocycles. The molecule has 0 bridgehead atoms. The van der Waals surface area contributed by atoms with E-state index in [4.69, 9.17) is 0 Å². The zero-order valence-electron chi connectivity index (χ0n) is 12.9. The fraction of sp³-hybridized carbons (Fsp3) is 0.429. The Morgan fingerprint density at radius 2 is 2.21 bits per heavy atom. The summed E-state index contributed by atoms with van der Waals surface area (Å²) in [5, 5.41) is 16.8. The summed E-state index contributed by atoms with van der Waals surface area (Å²) in [5.41, 5.74) is -0.0639. The molecule has 0 saturated carbocycles. The molecule has 0 aromatic heterocycles. The summed E-state index contributed by atoms with van der Waals surface area (Å²) in [6, 6.07) is 3.76. The van der Waals surface area contributed by atoms with Gasteiger partial charge in [-0.25, -0.2) is 4.79 Å². The Bertz CT molecular complexity index is 622. The summed E-state index contributed by atoms with van der Waals surface area (Å²) in [4.78, 5) is 34.0. The maximum Gasteiger partial charge on any atom is 0.338 e. The van der Waals surface area contributed by atoms with Crippen molar-refractivity contribution in [3.05, 3.63) is 33.9 Å². The van der Waals surface area contributed by atoms with E-state index in [9.17, 15) is 19.7 Å². The number of thioether (sulfide) groups is 1. The predicted octanol–water partition coefficient (Wildman–Crippen LogP) is 1.84. The molecule has 10 heteroatoms. The molecule has 1 aliphatic rings. The van der Waals surface area contributed by atoms with Crippen LogP contribution in [0.15, 0.2) is 18.2 Å². The number of benzene rings is 1. The van der Waals surface area contributed by atoms with E-state index in [0.29, 0.717) is 0 Å². The lowest BCUT2D eigenvalue weighted by molar-refractivity contribution is -0.384. The molecule has 1 unspecified atom stereocenters. The number of esters is 1. The van der Waals surface area contributed by atoms with Gasteiger partial charge in [0, 0.05) is 48.3 Å². The number of nitrogens with one attached hydrogen (secondary N) is 2. The number of nitro groups is 1. The second-order valence-electron chi connectivity index (χ2n) is 5.00. The summed E-state index contributed by atoms with van der Waals surface area (Å²) in [6.45, 7) is 0.853. The molecule has 2 N–H and O–H groups in total. The molecular weight excluding hydrogens is 358 g/mol. The van der Waals surface area contributed by atoms with Gasteiger partial charge >= 0.3 is 5.97 Å². The first-order valence-corrected chi connectivity index (χ1v) is 8.14. The van der Waals surface area contributed by atoms with Gasteiger partial charge in [0.15, 0.2) is 0 Å². The van der Waals surface area contributed by atoms with E-state index in [1.54, 1.807) is 11.8 Å². The van der Waals surface area contributed by atoms with Crippen molar-refractivity contribution in [3.63, 3.8) is 0 Å². The highest BCUT2D eigenvalue weighted by Gasteiger charge is 2.19. The first kappa shape index (κ1) is 20.2. The Balaban J connectivity index is 0.00000288. The number of halogens is 1. The van der Waals surface area contributed by atoms with Gasteiger partial charge in [-0.15, -0.1) is 12.4 Å². The van der Waals surface area contributed by atoms with Gasteiger partial charge < -0.3 is 15.4 Å². The fourth-order valence-corrected chi connectivity index (χ4v) is 3.16. The Morgan fingerprint density at radius 3 is 2.79 bits per heavy atom. The van der Waals surface area contributed by atoms with E-state index in [1.807, 2.05) is 0 Å². The van der Waals surface area contributed by atoms with Crippen molar-refractivity contribution < 1.29 is 19.2 Å². The molecule has 1 atom stereocenters. The number of carbonyl (C=O) groups excluding carboxylic acids is 2. The summed E-state index contributed by atoms with van der Waals surface area (Å²) in [7, 11) is 1.19. The predicted molar refractivity (Wildman–Crippen MR) is 94.0 cm³/mol. The normalized spacial score (nSPS) is 16.6. The zero-order valence-corrected chi connectivity index (χ0v) is 14.6. The van der Waals surface area contributed by atoms with Crippen LogP contribution in [0.4, 0.5) is 11.4 Å². The number of amides is 1. The summed E-state index contributed by atoms with van der Waals surface area (Å²) in [6.07, 6.45) is 0.267. The standard InChI is InChI=1S/C14H17N3O5S.ClH/c1-22-14(19)9-4-10(6-12(5-9)17(20)21)16-13(18)7-11-8-23-3-2-15-11;/h4-6,11,15H,2-3,7-8H2,1H3,(H,16,18);1H. The number of hydrogen-bond donors (Lipinski definition) is 2. The molecule has 0 spiro atoms. The number of ether oxygens (including phenoxy) is 1. The second kappa shape index (κ2) is 9.45. The van der Waals surface area contributed by atoms with Gasteiger partial charge in [0.05, 0.1) is 17.6 Å². The molecule has 1 saturated heterocycles. The SMILES string of the molecule is COC(=O)c1cc(NC(=O)CC2CSCCN2)cc([N+](=O)[O-])c1.Cl. The van der Waals surface area contributed by atoms with Crippen molar-refractivity contribution in [2.75, 3.05) is 30.5 Å². The average Bonchev–Trinajstić information content (AvgIpc) is 2.54. The van der Waals surface area contributed by atoms with Crippen LogP contribution in [0.5, 0.6) is 0 Å². The monoisotopic (exact) mass is 375 g/mol. The number of anilines is 1. The number of hydrogen-bond acceptors (Lipinski definition) is 7. The van der Waals surface area contributed by atoms with Crippen LogP contribution in [-0.4, -0.2) is 48.0 Å². The van der Waals surface area contributed by atoms with Crippen molar-refractivity contribution in [1.29, 1.82) is 0 Å². The van der Waals surface area contributed by atoms with Crippen LogP contribution in [0.2, 0.25) is 0 Å². The third-order valence-electron chi connectivity index (χ3n) is 3.26. The van der Waals surface area contributed by atoms with Crippen LogP contribution in [0.1, 0.15) is 16.8 Å². The maximum absolute atomic E-state index is 12.1.